The second-order valence-corrected chi connectivity index (χ2v) is 11.4. The van der Waals surface area contributed by atoms with Crippen molar-refractivity contribution in [2.24, 2.45) is 5.73 Å². The van der Waals surface area contributed by atoms with E-state index in [-0.39, 0.29) is 25.3 Å². The number of carboxylic acid groups (broad SMARTS) is 1. The van der Waals surface area contributed by atoms with E-state index in [1.165, 1.54) is 4.90 Å². The molecule has 47 heavy (non-hydrogen) atoms. The van der Waals surface area contributed by atoms with E-state index < -0.39 is 35.7 Å². The van der Waals surface area contributed by atoms with Crippen LogP contribution in [-0.4, -0.2) is 51.0 Å². The van der Waals surface area contributed by atoms with Gasteiger partial charge in [-0.05, 0) is 55.5 Å². The highest BCUT2D eigenvalue weighted by Crippen LogP contribution is 2.27. The third kappa shape index (κ3) is 7.03. The van der Waals surface area contributed by atoms with Gasteiger partial charge in [-0.15, -0.1) is 0 Å². The van der Waals surface area contributed by atoms with Gasteiger partial charge in [-0.1, -0.05) is 97.1 Å². The van der Waals surface area contributed by atoms with Crippen molar-refractivity contribution >= 4 is 39.3 Å². The van der Waals surface area contributed by atoms with Crippen LogP contribution in [-0.2, 0) is 24.2 Å². The molecule has 0 saturated heterocycles. The van der Waals surface area contributed by atoms with Gasteiger partial charge in [0.2, 0.25) is 11.8 Å². The molecule has 0 saturated carbocycles. The molecule has 2 atom stereocenters. The first-order chi connectivity index (χ1) is 22.8. The quantitative estimate of drug-likeness (QED) is 0.175. The lowest BCUT2D eigenvalue weighted by atomic mass is 9.98. The summed E-state index contributed by atoms with van der Waals surface area (Å²) in [6, 6.07) is 32.8. The van der Waals surface area contributed by atoms with Crippen molar-refractivity contribution in [2.75, 3.05) is 7.05 Å². The molecule has 2 amide bonds. The highest BCUT2D eigenvalue weighted by molar-refractivity contribution is 5.98. The number of benzene rings is 5. The molecule has 0 aliphatic rings. The Balaban J connectivity index is 1.35. The number of carbonyl (C=O) groups excluding carboxylic acids is 2. The Bertz CT molecular complexity index is 2090. The first-order valence-electron chi connectivity index (χ1n) is 15.2. The zero-order chi connectivity index (χ0) is 32.9. The number of fused-ring (bicyclic) bond motifs is 2. The molecule has 1 aromatic heterocycles. The van der Waals surface area contributed by atoms with Crippen molar-refractivity contribution in [3.05, 3.63) is 143 Å². The number of aromatic carboxylic acids is 1. The van der Waals surface area contributed by atoms with Crippen LogP contribution in [0.25, 0.3) is 21.5 Å². The van der Waals surface area contributed by atoms with Crippen molar-refractivity contribution in [3.8, 4) is 0 Å². The van der Waals surface area contributed by atoms with Gasteiger partial charge in [-0.2, -0.15) is 4.98 Å². The van der Waals surface area contributed by atoms with Crippen molar-refractivity contribution in [1.29, 1.82) is 0 Å². The summed E-state index contributed by atoms with van der Waals surface area (Å²) in [5.74, 6) is -2.73. The first-order valence-corrected chi connectivity index (χ1v) is 15.2. The van der Waals surface area contributed by atoms with Crippen molar-refractivity contribution in [2.45, 2.75) is 31.5 Å². The predicted octanol–water partition coefficient (Wildman–Crippen LogP) is 5.32. The van der Waals surface area contributed by atoms with Gasteiger partial charge in [0.25, 0.3) is 11.7 Å². The first kappa shape index (κ1) is 31.1. The van der Waals surface area contributed by atoms with Crippen LogP contribution in [0.5, 0.6) is 0 Å². The molecule has 0 spiro atoms. The summed E-state index contributed by atoms with van der Waals surface area (Å²) in [4.78, 5) is 45.2. The third-order valence-corrected chi connectivity index (χ3v) is 8.26. The topological polar surface area (TPSA) is 152 Å². The molecule has 4 N–H and O–H groups in total. The van der Waals surface area contributed by atoms with Gasteiger partial charge in [-0.25, -0.2) is 4.79 Å². The van der Waals surface area contributed by atoms with Crippen LogP contribution in [0.3, 0.4) is 0 Å². The molecule has 0 fully saturated rings. The summed E-state index contributed by atoms with van der Waals surface area (Å²) < 4.78 is 5.41. The lowest BCUT2D eigenvalue weighted by Gasteiger charge is -2.30. The fourth-order valence-electron chi connectivity index (χ4n) is 5.72. The fourth-order valence-corrected chi connectivity index (χ4v) is 5.72. The highest BCUT2D eigenvalue weighted by atomic mass is 16.5. The predicted molar refractivity (Wildman–Crippen MR) is 178 cm³/mol. The second kappa shape index (κ2) is 13.6. The average molecular weight is 628 g/mol. The molecule has 6 rings (SSSR count). The zero-order valence-electron chi connectivity index (χ0n) is 25.7. The van der Waals surface area contributed by atoms with E-state index in [1.54, 1.807) is 25.2 Å². The number of amides is 2. The van der Waals surface area contributed by atoms with Gasteiger partial charge >= 0.3 is 5.97 Å². The fraction of sp³-hybridized carbons (Fsp3) is 0.162. The normalized spacial score (nSPS) is 12.5. The highest BCUT2D eigenvalue weighted by Gasteiger charge is 2.33. The molecule has 0 aliphatic carbocycles. The second-order valence-electron chi connectivity index (χ2n) is 11.4. The monoisotopic (exact) mass is 627 g/mol. The van der Waals surface area contributed by atoms with E-state index in [0.717, 1.165) is 38.2 Å². The zero-order valence-corrected chi connectivity index (χ0v) is 25.7. The Labute approximate surface area is 270 Å². The number of aromatic nitrogens is 2. The van der Waals surface area contributed by atoms with Crippen LogP contribution in [0, 0.1) is 0 Å². The van der Waals surface area contributed by atoms with Crippen LogP contribution in [0.15, 0.2) is 114 Å². The molecule has 0 aliphatic heterocycles. The van der Waals surface area contributed by atoms with Gasteiger partial charge in [-0.3, -0.25) is 9.59 Å². The van der Waals surface area contributed by atoms with Crippen LogP contribution in [0.2, 0.25) is 0 Å². The van der Waals surface area contributed by atoms with E-state index in [0.29, 0.717) is 5.56 Å². The van der Waals surface area contributed by atoms with Crippen molar-refractivity contribution in [3.63, 3.8) is 0 Å². The van der Waals surface area contributed by atoms with Crippen LogP contribution in [0.4, 0.5) is 0 Å². The molecule has 6 aromatic rings. The smallest absolute Gasteiger partial charge is 0.377 e. The minimum Gasteiger partial charge on any atom is -0.475 e. The number of nitrogens with one attached hydrogen (secondary N) is 1. The Morgan fingerprint density at radius 3 is 2.00 bits per heavy atom. The largest absolute Gasteiger partial charge is 0.475 e. The van der Waals surface area contributed by atoms with Crippen molar-refractivity contribution in [1.82, 2.24) is 20.4 Å². The minimum absolute atomic E-state index is 0.0298. The van der Waals surface area contributed by atoms with Crippen molar-refractivity contribution < 1.29 is 24.0 Å². The van der Waals surface area contributed by atoms with E-state index in [9.17, 15) is 19.5 Å². The number of likely N-dealkylation sites (N-methyl/N-ethyl adjacent to an activating group) is 1. The van der Waals surface area contributed by atoms with Gasteiger partial charge in [0, 0.05) is 32.0 Å². The van der Waals surface area contributed by atoms with E-state index in [4.69, 9.17) is 10.3 Å². The van der Waals surface area contributed by atoms with E-state index in [1.807, 2.05) is 91.0 Å². The van der Waals surface area contributed by atoms with Gasteiger partial charge in [0.05, 0.1) is 0 Å². The molecule has 1 heterocycles. The molecule has 236 valence electrons. The summed E-state index contributed by atoms with van der Waals surface area (Å²) in [6.07, 6.45) is 0.451. The molecule has 0 radical (unpaired) electrons. The summed E-state index contributed by atoms with van der Waals surface area (Å²) in [5, 5.41) is 20.2. The standard InChI is InChI=1S/C37H33N5O5/c1-42(32(35-40-33(37(45)46)41-47-35)21-24-14-16-27-9-3-5-11-29(27)18-24)36(44)31(39-34(43)30-12-6-7-25(19-30)22-38)20-23-13-15-26-8-2-4-10-28(26)17-23/h2-19,31-32H,20-22,38H2,1H3,(H,39,43)(H,45,46). The molecular formula is C37H33N5O5. The lowest BCUT2D eigenvalue weighted by Crippen LogP contribution is -2.49. The summed E-state index contributed by atoms with van der Waals surface area (Å²) in [6.45, 7) is 0.266. The minimum atomic E-state index is -1.35. The number of carbonyl (C=O) groups is 3. The van der Waals surface area contributed by atoms with E-state index in [2.05, 4.69) is 15.5 Å². The molecule has 2 unspecified atom stereocenters. The number of rotatable bonds is 11. The Morgan fingerprint density at radius 2 is 1.40 bits per heavy atom. The summed E-state index contributed by atoms with van der Waals surface area (Å²) in [5.41, 5.74) is 8.70. The molecule has 10 heteroatoms. The third-order valence-electron chi connectivity index (χ3n) is 8.26. The molecule has 5 aromatic carbocycles. The van der Waals surface area contributed by atoms with Gasteiger partial charge in [0.15, 0.2) is 0 Å². The Hall–Kier alpha value is -5.87. The number of hydrogen-bond donors (Lipinski definition) is 3. The maximum absolute atomic E-state index is 14.4. The summed E-state index contributed by atoms with van der Waals surface area (Å²) >= 11 is 0. The number of carboxylic acids is 1. The van der Waals surface area contributed by atoms with E-state index >= 15 is 0 Å². The Morgan fingerprint density at radius 1 is 0.787 bits per heavy atom. The van der Waals surface area contributed by atoms with Crippen LogP contribution < -0.4 is 11.1 Å². The number of nitrogens with two attached hydrogens (primary N) is 1. The van der Waals surface area contributed by atoms with Crippen LogP contribution >= 0.6 is 0 Å². The SMILES string of the molecule is CN(C(=O)C(Cc1ccc2ccccc2c1)NC(=O)c1cccc(CN)c1)C(Cc1ccc2ccccc2c1)c1nc(C(=O)O)no1. The maximum Gasteiger partial charge on any atom is 0.377 e. The lowest BCUT2D eigenvalue weighted by molar-refractivity contribution is -0.134. The Kier molecular flexibility index (Phi) is 9.03. The molecular weight excluding hydrogens is 594 g/mol. The summed E-state index contributed by atoms with van der Waals surface area (Å²) in [7, 11) is 1.59. The van der Waals surface area contributed by atoms with Gasteiger partial charge < -0.3 is 25.6 Å². The maximum atomic E-state index is 14.4. The molecule has 0 bridgehead atoms. The van der Waals surface area contributed by atoms with Crippen LogP contribution in [0.1, 0.15) is 49.6 Å². The van der Waals surface area contributed by atoms with Gasteiger partial charge in [0.1, 0.15) is 12.1 Å². The number of nitrogens with zero attached hydrogens (tertiary/aromatic N) is 3. The average Bonchev–Trinajstić information content (AvgIpc) is 3.60. The molecule has 10 nitrogen and oxygen atoms in total. The number of hydrogen-bond acceptors (Lipinski definition) is 7.